The van der Waals surface area contributed by atoms with Gasteiger partial charge in [0.1, 0.15) is 5.78 Å². The summed E-state index contributed by atoms with van der Waals surface area (Å²) in [7, 11) is 0. The molecule has 1 nitrogen and oxygen atoms in total. The summed E-state index contributed by atoms with van der Waals surface area (Å²) < 4.78 is 0. The second-order valence-electron chi connectivity index (χ2n) is 8.34. The molecule has 4 fully saturated rings. The van der Waals surface area contributed by atoms with Gasteiger partial charge in [-0.05, 0) is 73.9 Å². The molecule has 0 amide bonds. The summed E-state index contributed by atoms with van der Waals surface area (Å²) in [5, 5.41) is 0.916. The quantitative estimate of drug-likeness (QED) is 0.644. The molecule has 0 bridgehead atoms. The van der Waals surface area contributed by atoms with E-state index in [4.69, 9.17) is 0 Å². The number of carbonyl (C=O) groups is 1. The van der Waals surface area contributed by atoms with E-state index in [9.17, 15) is 4.79 Å². The second-order valence-corrected chi connectivity index (χ2v) is 9.65. The van der Waals surface area contributed by atoms with Crippen LogP contribution in [0.5, 0.6) is 0 Å². The van der Waals surface area contributed by atoms with E-state index in [1.807, 2.05) is 0 Å². The average Bonchev–Trinajstić information content (AvgIpc) is 2.74. The number of rotatable bonds is 0. The third-order valence-corrected chi connectivity index (χ3v) is 9.37. The van der Waals surface area contributed by atoms with Gasteiger partial charge in [-0.2, -0.15) is 11.8 Å². The van der Waals surface area contributed by atoms with E-state index in [0.717, 1.165) is 29.4 Å². The molecule has 20 heavy (non-hydrogen) atoms. The summed E-state index contributed by atoms with van der Waals surface area (Å²) in [5.74, 6) is 4.47. The lowest BCUT2D eigenvalue weighted by Gasteiger charge is -2.59. The lowest BCUT2D eigenvalue weighted by atomic mass is 9.49. The van der Waals surface area contributed by atoms with Gasteiger partial charge in [-0.3, -0.25) is 4.79 Å². The van der Waals surface area contributed by atoms with E-state index in [0.29, 0.717) is 11.2 Å². The van der Waals surface area contributed by atoms with Crippen LogP contribution in [0.1, 0.15) is 65.2 Å². The van der Waals surface area contributed by atoms with Crippen LogP contribution in [0.25, 0.3) is 0 Å². The van der Waals surface area contributed by atoms with Gasteiger partial charge < -0.3 is 0 Å². The lowest BCUT2D eigenvalue weighted by Crippen LogP contribution is -2.54. The zero-order valence-corrected chi connectivity index (χ0v) is 13.8. The van der Waals surface area contributed by atoms with Crippen molar-refractivity contribution in [1.29, 1.82) is 0 Å². The van der Waals surface area contributed by atoms with Crippen molar-refractivity contribution in [2.24, 2.45) is 28.6 Å². The van der Waals surface area contributed by atoms with Crippen molar-refractivity contribution in [3.05, 3.63) is 0 Å². The number of hydrogen-bond acceptors (Lipinski definition) is 2. The van der Waals surface area contributed by atoms with Crippen molar-refractivity contribution in [2.75, 3.05) is 5.75 Å². The summed E-state index contributed by atoms with van der Waals surface area (Å²) in [6.07, 6.45) is 10.3. The molecular weight excluding hydrogens is 264 g/mol. The topological polar surface area (TPSA) is 17.1 Å². The first-order valence-corrected chi connectivity index (χ1v) is 9.75. The number of Topliss-reactive ketones (excluding diaryl/α,β-unsaturated/α-hetero) is 1. The predicted molar refractivity (Wildman–Crippen MR) is 84.9 cm³/mol. The molecule has 1 heterocycles. The Labute approximate surface area is 127 Å². The van der Waals surface area contributed by atoms with Gasteiger partial charge in [0.2, 0.25) is 0 Å². The van der Waals surface area contributed by atoms with Crippen LogP contribution in [0.2, 0.25) is 0 Å². The van der Waals surface area contributed by atoms with E-state index < -0.39 is 0 Å². The van der Waals surface area contributed by atoms with Crippen molar-refractivity contribution in [3.63, 3.8) is 0 Å². The fourth-order valence-electron chi connectivity index (χ4n) is 6.49. The van der Waals surface area contributed by atoms with Crippen LogP contribution in [0.3, 0.4) is 0 Å². The highest BCUT2D eigenvalue weighted by molar-refractivity contribution is 8.00. The molecule has 4 rings (SSSR count). The number of hydrogen-bond donors (Lipinski definition) is 0. The van der Waals surface area contributed by atoms with Crippen LogP contribution in [-0.2, 0) is 4.79 Å². The molecule has 1 aliphatic heterocycles. The third kappa shape index (κ3) is 1.66. The smallest absolute Gasteiger partial charge is 0.139 e. The largest absolute Gasteiger partial charge is 0.299 e. The van der Waals surface area contributed by atoms with Crippen LogP contribution in [0.4, 0.5) is 0 Å². The van der Waals surface area contributed by atoms with Crippen LogP contribution >= 0.6 is 11.8 Å². The van der Waals surface area contributed by atoms with Crippen molar-refractivity contribution in [3.8, 4) is 0 Å². The van der Waals surface area contributed by atoms with Crippen LogP contribution in [0.15, 0.2) is 0 Å². The zero-order chi connectivity index (χ0) is 14.0. The first-order chi connectivity index (χ1) is 9.56. The molecule has 0 aromatic rings. The Morgan fingerprint density at radius 3 is 2.75 bits per heavy atom. The molecule has 0 unspecified atom stereocenters. The number of fused-ring (bicyclic) bond motifs is 5. The summed E-state index contributed by atoms with van der Waals surface area (Å²) in [4.78, 5) is 12.4. The standard InChI is InChI=1S/C18H28OS/c1-17-10-8-14-12(13(17)5-6-15(17)19)4-7-16-18(14,2)9-3-11-20-16/h12-14,16H,3-11H2,1-2H3/t12-,13-,14-,16-,17-,18+/m0/s1. The molecule has 0 N–H and O–H groups in total. The van der Waals surface area contributed by atoms with E-state index in [1.54, 1.807) is 0 Å². The van der Waals surface area contributed by atoms with E-state index in [2.05, 4.69) is 25.6 Å². The molecule has 2 heteroatoms. The number of carbonyl (C=O) groups excluding carboxylic acids is 1. The van der Waals surface area contributed by atoms with Crippen molar-refractivity contribution in [2.45, 2.75) is 70.5 Å². The molecule has 0 spiro atoms. The minimum atomic E-state index is 0.0617. The maximum atomic E-state index is 12.4. The molecule has 0 aromatic carbocycles. The fraction of sp³-hybridized carbons (Fsp3) is 0.944. The SMILES string of the molecule is C[C@]12CCCS[C@H]1CC[C@@H]1[C@@H]2CC[C@]2(C)C(=O)CC[C@@H]12. The van der Waals surface area contributed by atoms with Crippen LogP contribution in [0, 0.1) is 28.6 Å². The van der Waals surface area contributed by atoms with Gasteiger partial charge in [-0.25, -0.2) is 0 Å². The fourth-order valence-corrected chi connectivity index (χ4v) is 8.06. The van der Waals surface area contributed by atoms with Crippen molar-refractivity contribution >= 4 is 17.5 Å². The number of ketones is 1. The second kappa shape index (κ2) is 4.51. The molecular formula is C18H28OS. The zero-order valence-electron chi connectivity index (χ0n) is 13.0. The van der Waals surface area contributed by atoms with E-state index in [-0.39, 0.29) is 5.41 Å². The minimum absolute atomic E-state index is 0.0617. The lowest BCUT2D eigenvalue weighted by molar-refractivity contribution is -0.133. The molecule has 3 aliphatic carbocycles. The highest BCUT2D eigenvalue weighted by atomic mass is 32.2. The van der Waals surface area contributed by atoms with E-state index >= 15 is 0 Å². The van der Waals surface area contributed by atoms with Gasteiger partial charge in [0.25, 0.3) is 0 Å². The summed E-state index contributed by atoms with van der Waals surface area (Å²) >= 11 is 2.26. The Balaban J connectivity index is 1.66. The Kier molecular flexibility index (Phi) is 3.08. The monoisotopic (exact) mass is 292 g/mol. The Hall–Kier alpha value is 0.0200. The molecule has 6 atom stereocenters. The summed E-state index contributed by atoms with van der Waals surface area (Å²) in [6.45, 7) is 4.90. The maximum Gasteiger partial charge on any atom is 0.139 e. The minimum Gasteiger partial charge on any atom is -0.299 e. The van der Waals surface area contributed by atoms with E-state index in [1.165, 1.54) is 50.7 Å². The maximum absolute atomic E-state index is 12.4. The van der Waals surface area contributed by atoms with Gasteiger partial charge in [0, 0.05) is 17.1 Å². The molecule has 4 aliphatic rings. The molecule has 3 saturated carbocycles. The van der Waals surface area contributed by atoms with Crippen LogP contribution in [-0.4, -0.2) is 16.8 Å². The molecule has 1 saturated heterocycles. The highest BCUT2D eigenvalue weighted by Crippen LogP contribution is 2.64. The first kappa shape index (κ1) is 13.7. The van der Waals surface area contributed by atoms with Crippen molar-refractivity contribution < 1.29 is 4.79 Å². The molecule has 112 valence electrons. The van der Waals surface area contributed by atoms with Gasteiger partial charge in [0.05, 0.1) is 0 Å². The van der Waals surface area contributed by atoms with Gasteiger partial charge >= 0.3 is 0 Å². The predicted octanol–water partition coefficient (Wildman–Crippen LogP) is 4.69. The van der Waals surface area contributed by atoms with Crippen LogP contribution < -0.4 is 0 Å². The Bertz CT molecular complexity index is 433. The molecule has 0 aromatic heterocycles. The van der Waals surface area contributed by atoms with Gasteiger partial charge in [-0.15, -0.1) is 0 Å². The third-order valence-electron chi connectivity index (χ3n) is 7.67. The van der Waals surface area contributed by atoms with Gasteiger partial charge in [0.15, 0.2) is 0 Å². The van der Waals surface area contributed by atoms with Crippen molar-refractivity contribution in [1.82, 2.24) is 0 Å². The molecule has 0 radical (unpaired) electrons. The normalized spacial score (nSPS) is 55.0. The Morgan fingerprint density at radius 1 is 1.05 bits per heavy atom. The number of thioether (sulfide) groups is 1. The van der Waals surface area contributed by atoms with Gasteiger partial charge in [-0.1, -0.05) is 13.8 Å². The average molecular weight is 292 g/mol. The summed E-state index contributed by atoms with van der Waals surface area (Å²) in [6, 6.07) is 0. The Morgan fingerprint density at radius 2 is 1.90 bits per heavy atom. The first-order valence-electron chi connectivity index (χ1n) is 8.70. The highest BCUT2D eigenvalue weighted by Gasteiger charge is 2.59. The summed E-state index contributed by atoms with van der Waals surface area (Å²) in [5.41, 5.74) is 0.644.